The molecule has 1 aromatic carbocycles. The molecule has 1 aliphatic heterocycles. The van der Waals surface area contributed by atoms with Crippen molar-refractivity contribution in [1.82, 2.24) is 4.90 Å². The van der Waals surface area contributed by atoms with Gasteiger partial charge in [0.1, 0.15) is 5.75 Å². The number of morpholine rings is 1. The van der Waals surface area contributed by atoms with E-state index in [0.717, 1.165) is 0 Å². The third-order valence-electron chi connectivity index (χ3n) is 3.10. The molecule has 0 radical (unpaired) electrons. The molecule has 5 heteroatoms. The smallest absolute Gasteiger partial charge is 0.260 e. The van der Waals surface area contributed by atoms with Crippen molar-refractivity contribution in [2.24, 2.45) is 0 Å². The molecular formula is C15H20ClNO3. The van der Waals surface area contributed by atoms with Crippen molar-refractivity contribution in [3.05, 3.63) is 29.3 Å². The number of nitrogens with zero attached hydrogens (tertiary/aromatic N) is 1. The third-order valence-corrected chi connectivity index (χ3v) is 3.35. The molecule has 2 rings (SSSR count). The maximum absolute atomic E-state index is 12.2. The van der Waals surface area contributed by atoms with Crippen molar-refractivity contribution < 1.29 is 14.3 Å². The van der Waals surface area contributed by atoms with E-state index in [-0.39, 0.29) is 24.2 Å². The van der Waals surface area contributed by atoms with Gasteiger partial charge in [0.2, 0.25) is 0 Å². The fourth-order valence-corrected chi connectivity index (χ4v) is 2.54. The Labute approximate surface area is 124 Å². The van der Waals surface area contributed by atoms with E-state index in [4.69, 9.17) is 21.1 Å². The van der Waals surface area contributed by atoms with Crippen LogP contribution in [0.4, 0.5) is 0 Å². The summed E-state index contributed by atoms with van der Waals surface area (Å²) in [5, 5.41) is 0.646. The molecule has 110 valence electrons. The average molecular weight is 298 g/mol. The van der Waals surface area contributed by atoms with Crippen LogP contribution < -0.4 is 4.74 Å². The highest BCUT2D eigenvalue weighted by Crippen LogP contribution is 2.21. The number of carbonyl (C=O) groups is 1. The van der Waals surface area contributed by atoms with E-state index in [9.17, 15) is 4.79 Å². The van der Waals surface area contributed by atoms with Gasteiger partial charge in [0, 0.05) is 18.1 Å². The van der Waals surface area contributed by atoms with Gasteiger partial charge in [-0.25, -0.2) is 0 Å². The highest BCUT2D eigenvalue weighted by molar-refractivity contribution is 6.30. The van der Waals surface area contributed by atoms with Crippen molar-refractivity contribution in [1.29, 1.82) is 0 Å². The Morgan fingerprint density at radius 3 is 2.70 bits per heavy atom. The van der Waals surface area contributed by atoms with E-state index in [1.807, 2.05) is 20.8 Å². The molecule has 20 heavy (non-hydrogen) atoms. The lowest BCUT2D eigenvalue weighted by molar-refractivity contribution is -0.159. The van der Waals surface area contributed by atoms with Crippen LogP contribution in [0.2, 0.25) is 5.02 Å². The molecule has 0 spiro atoms. The lowest BCUT2D eigenvalue weighted by Gasteiger charge is -2.41. The Hall–Kier alpha value is -1.26. The van der Waals surface area contributed by atoms with Gasteiger partial charge >= 0.3 is 0 Å². The molecule has 4 nitrogen and oxygen atoms in total. The predicted molar refractivity (Wildman–Crippen MR) is 78.2 cm³/mol. The molecule has 0 saturated carbocycles. The Balaban J connectivity index is 1.90. The third kappa shape index (κ3) is 4.12. The number of benzene rings is 1. The fraction of sp³-hybridized carbons (Fsp3) is 0.533. The summed E-state index contributed by atoms with van der Waals surface area (Å²) in [5.41, 5.74) is -0.312. The maximum Gasteiger partial charge on any atom is 0.260 e. The second-order valence-electron chi connectivity index (χ2n) is 5.71. The molecule has 0 N–H and O–H groups in total. The zero-order valence-electron chi connectivity index (χ0n) is 12.1. The van der Waals surface area contributed by atoms with Crippen LogP contribution in [0.1, 0.15) is 20.8 Å². The molecule has 0 aliphatic carbocycles. The minimum atomic E-state index is -0.312. The van der Waals surface area contributed by atoms with Crippen molar-refractivity contribution in [2.45, 2.75) is 32.5 Å². The van der Waals surface area contributed by atoms with Crippen molar-refractivity contribution in [3.8, 4) is 5.75 Å². The van der Waals surface area contributed by atoms with Crippen LogP contribution in [0, 0.1) is 0 Å². The summed E-state index contributed by atoms with van der Waals surface area (Å²) in [6.45, 7) is 7.17. The van der Waals surface area contributed by atoms with Gasteiger partial charge in [-0.3, -0.25) is 4.79 Å². The maximum atomic E-state index is 12.2. The molecule has 0 bridgehead atoms. The monoisotopic (exact) mass is 297 g/mol. The molecule has 1 fully saturated rings. The van der Waals surface area contributed by atoms with Crippen LogP contribution in [0.3, 0.4) is 0 Å². The second-order valence-corrected chi connectivity index (χ2v) is 6.14. The number of amides is 1. The van der Waals surface area contributed by atoms with Crippen LogP contribution in [0.25, 0.3) is 0 Å². The summed E-state index contributed by atoms with van der Waals surface area (Å²) in [7, 11) is 0. The zero-order chi connectivity index (χ0) is 14.8. The first-order valence-electron chi connectivity index (χ1n) is 6.70. The first kappa shape index (κ1) is 15.1. The lowest BCUT2D eigenvalue weighted by atomic mass is 10.1. The standard InChI is InChI=1S/C15H20ClNO3/c1-11-8-17(10-15(2,3)20-11)14(18)9-19-13-6-4-12(16)5-7-13/h4-7,11H,8-10H2,1-3H3/t11-/m1/s1. The number of halogens is 1. The van der Waals surface area contributed by atoms with Gasteiger partial charge in [-0.05, 0) is 45.0 Å². The van der Waals surface area contributed by atoms with E-state index < -0.39 is 0 Å². The zero-order valence-corrected chi connectivity index (χ0v) is 12.8. The summed E-state index contributed by atoms with van der Waals surface area (Å²) in [6.07, 6.45) is 0.0400. The fourth-order valence-electron chi connectivity index (χ4n) is 2.41. The van der Waals surface area contributed by atoms with Gasteiger partial charge in [-0.15, -0.1) is 0 Å². The van der Waals surface area contributed by atoms with E-state index in [0.29, 0.717) is 23.9 Å². The first-order chi connectivity index (χ1) is 9.35. The Bertz CT molecular complexity index is 473. The number of carbonyl (C=O) groups excluding carboxylic acids is 1. The van der Waals surface area contributed by atoms with Crippen molar-refractivity contribution in [2.75, 3.05) is 19.7 Å². The molecular weight excluding hydrogens is 278 g/mol. The lowest BCUT2D eigenvalue weighted by Crippen LogP contribution is -2.54. The molecule has 1 aliphatic rings. The number of hydrogen-bond donors (Lipinski definition) is 0. The summed E-state index contributed by atoms with van der Waals surface area (Å²) in [5.74, 6) is 0.617. The second kappa shape index (κ2) is 6.02. The summed E-state index contributed by atoms with van der Waals surface area (Å²) in [6, 6.07) is 6.98. The van der Waals surface area contributed by atoms with Gasteiger partial charge in [0.05, 0.1) is 11.7 Å². The highest BCUT2D eigenvalue weighted by Gasteiger charge is 2.33. The molecule has 0 unspecified atom stereocenters. The minimum Gasteiger partial charge on any atom is -0.484 e. The molecule has 1 saturated heterocycles. The summed E-state index contributed by atoms with van der Waals surface area (Å²) in [4.78, 5) is 14.0. The van der Waals surface area contributed by atoms with E-state index in [2.05, 4.69) is 0 Å². The summed E-state index contributed by atoms with van der Waals surface area (Å²) >= 11 is 5.80. The van der Waals surface area contributed by atoms with Gasteiger partial charge in [0.15, 0.2) is 6.61 Å². The molecule has 1 amide bonds. The SMILES string of the molecule is C[C@@H]1CN(C(=O)COc2ccc(Cl)cc2)CC(C)(C)O1. The average Bonchev–Trinajstić information content (AvgIpc) is 2.35. The van der Waals surface area contributed by atoms with Crippen LogP contribution in [-0.4, -0.2) is 42.2 Å². The van der Waals surface area contributed by atoms with Crippen molar-refractivity contribution >= 4 is 17.5 Å². The first-order valence-corrected chi connectivity index (χ1v) is 7.07. The largest absolute Gasteiger partial charge is 0.484 e. The van der Waals surface area contributed by atoms with Gasteiger partial charge < -0.3 is 14.4 Å². The van der Waals surface area contributed by atoms with E-state index in [1.165, 1.54) is 0 Å². The van der Waals surface area contributed by atoms with E-state index in [1.54, 1.807) is 29.2 Å². The van der Waals surface area contributed by atoms with Gasteiger partial charge in [-0.1, -0.05) is 11.6 Å². The molecule has 1 aromatic rings. The Kier molecular flexibility index (Phi) is 4.55. The Morgan fingerprint density at radius 1 is 1.45 bits per heavy atom. The van der Waals surface area contributed by atoms with Crippen LogP contribution >= 0.6 is 11.6 Å². The quantitative estimate of drug-likeness (QED) is 0.861. The number of rotatable bonds is 3. The summed E-state index contributed by atoms with van der Waals surface area (Å²) < 4.78 is 11.3. The van der Waals surface area contributed by atoms with E-state index >= 15 is 0 Å². The van der Waals surface area contributed by atoms with Gasteiger partial charge in [0.25, 0.3) is 5.91 Å². The number of hydrogen-bond acceptors (Lipinski definition) is 3. The highest BCUT2D eigenvalue weighted by atomic mass is 35.5. The van der Waals surface area contributed by atoms with Gasteiger partial charge in [-0.2, -0.15) is 0 Å². The van der Waals surface area contributed by atoms with Crippen molar-refractivity contribution in [3.63, 3.8) is 0 Å². The number of ether oxygens (including phenoxy) is 2. The minimum absolute atomic E-state index is 0.0248. The van der Waals surface area contributed by atoms with Crippen LogP contribution in [-0.2, 0) is 9.53 Å². The molecule has 0 aromatic heterocycles. The van der Waals surface area contributed by atoms with Crippen LogP contribution in [0.5, 0.6) is 5.75 Å². The topological polar surface area (TPSA) is 38.8 Å². The predicted octanol–water partition coefficient (Wildman–Crippen LogP) is 2.74. The molecule has 1 atom stereocenters. The normalized spacial score (nSPS) is 21.6. The molecule has 1 heterocycles. The van der Waals surface area contributed by atoms with Crippen LogP contribution in [0.15, 0.2) is 24.3 Å². The Morgan fingerprint density at radius 2 is 2.10 bits per heavy atom.